The van der Waals surface area contributed by atoms with Crippen molar-refractivity contribution in [2.75, 3.05) is 0 Å². The van der Waals surface area contributed by atoms with E-state index < -0.39 is 11.8 Å². The van der Waals surface area contributed by atoms with Crippen molar-refractivity contribution in [3.05, 3.63) is 101 Å². The zero-order chi connectivity index (χ0) is 29.2. The van der Waals surface area contributed by atoms with E-state index in [1.165, 1.54) is 22.3 Å². The first-order valence-electron chi connectivity index (χ1n) is 15.2. The number of hydrogen-bond donors (Lipinski definition) is 0. The number of rotatable bonds is 2. The Kier molecular flexibility index (Phi) is 4.51. The molecular weight excluding hydrogens is 474 g/mol. The molecule has 0 saturated carbocycles. The number of pyridine rings is 1. The second-order valence-corrected chi connectivity index (χ2v) is 13.9. The first kappa shape index (κ1) is 22.4. The van der Waals surface area contributed by atoms with Gasteiger partial charge in [-0.1, -0.05) is 97.0 Å². The van der Waals surface area contributed by atoms with Crippen LogP contribution in [0.25, 0.3) is 33.2 Å². The molecule has 3 aromatic carbocycles. The topological polar surface area (TPSA) is 26.0 Å². The van der Waals surface area contributed by atoms with Crippen LogP contribution in [0.4, 0.5) is 0 Å². The van der Waals surface area contributed by atoms with Crippen molar-refractivity contribution in [2.24, 2.45) is 10.8 Å². The Morgan fingerprint density at radius 3 is 2.21 bits per heavy atom. The van der Waals surface area contributed by atoms with Crippen molar-refractivity contribution < 1.29 is 7.16 Å². The number of benzene rings is 3. The molecule has 39 heavy (non-hydrogen) atoms. The molecule has 0 bridgehead atoms. The minimum atomic E-state index is -1.50. The highest BCUT2D eigenvalue weighted by molar-refractivity contribution is 6.10. The lowest BCUT2D eigenvalue weighted by Gasteiger charge is -2.47. The molecule has 0 atom stereocenters. The van der Waals surface area contributed by atoms with Gasteiger partial charge in [-0.25, -0.2) is 0 Å². The summed E-state index contributed by atoms with van der Waals surface area (Å²) in [5.74, 6) is 0. The molecule has 0 radical (unpaired) electrons. The third-order valence-electron chi connectivity index (χ3n) is 10.0. The van der Waals surface area contributed by atoms with Gasteiger partial charge < -0.3 is 4.42 Å². The maximum absolute atomic E-state index is 8.84. The highest BCUT2D eigenvalue weighted by atomic mass is 16.3. The van der Waals surface area contributed by atoms with E-state index in [-0.39, 0.29) is 16.2 Å². The first-order chi connectivity index (χ1) is 19.2. The van der Waals surface area contributed by atoms with Crippen molar-refractivity contribution in [1.29, 1.82) is 0 Å². The molecule has 7 rings (SSSR count). The normalized spacial score (nSPS) is 19.8. The van der Waals surface area contributed by atoms with Gasteiger partial charge in [-0.2, -0.15) is 0 Å². The molecule has 2 heteroatoms. The van der Waals surface area contributed by atoms with E-state index in [0.717, 1.165) is 46.0 Å². The Bertz CT molecular complexity index is 1840. The van der Waals surface area contributed by atoms with Crippen LogP contribution in [0.1, 0.15) is 79.0 Å². The molecule has 0 aliphatic heterocycles. The van der Waals surface area contributed by atoms with E-state index in [1.54, 1.807) is 12.3 Å². The van der Waals surface area contributed by atoms with E-state index in [1.807, 2.05) is 32.9 Å². The van der Waals surface area contributed by atoms with Gasteiger partial charge in [-0.3, -0.25) is 4.98 Å². The maximum Gasteiger partial charge on any atom is 0.144 e. The van der Waals surface area contributed by atoms with Crippen LogP contribution in [0.5, 0.6) is 0 Å². The molecule has 0 saturated heterocycles. The Morgan fingerprint density at radius 1 is 0.821 bits per heavy atom. The fourth-order valence-electron chi connectivity index (χ4n) is 8.07. The summed E-state index contributed by atoms with van der Waals surface area (Å²) in [6.07, 6.45) is 2.35. The fourth-order valence-corrected chi connectivity index (χ4v) is 8.07. The van der Waals surface area contributed by atoms with E-state index in [2.05, 4.69) is 76.2 Å². The molecule has 2 heterocycles. The highest BCUT2D eigenvalue weighted by Gasteiger charge is 2.64. The summed E-state index contributed by atoms with van der Waals surface area (Å²) in [5, 5.41) is 2.22. The van der Waals surface area contributed by atoms with Crippen LogP contribution in [-0.4, -0.2) is 4.98 Å². The molecule has 2 nitrogen and oxygen atoms in total. The molecule has 2 aromatic heterocycles. The number of hydrogen-bond acceptors (Lipinski definition) is 2. The second-order valence-electron chi connectivity index (χ2n) is 13.9. The van der Waals surface area contributed by atoms with Crippen molar-refractivity contribution in [1.82, 2.24) is 4.98 Å². The zero-order valence-electron chi connectivity index (χ0n) is 26.2. The van der Waals surface area contributed by atoms with E-state index in [0.29, 0.717) is 5.56 Å². The van der Waals surface area contributed by atoms with Crippen LogP contribution >= 0.6 is 0 Å². The Morgan fingerprint density at radius 2 is 1.51 bits per heavy atom. The summed E-state index contributed by atoms with van der Waals surface area (Å²) in [5.41, 5.74) is 9.11. The molecule has 0 N–H and O–H groups in total. The largest absolute Gasteiger partial charge is 0.455 e. The Balaban J connectivity index is 1.44. The number of aromatic nitrogens is 1. The van der Waals surface area contributed by atoms with Gasteiger partial charge in [0.15, 0.2) is 0 Å². The van der Waals surface area contributed by atoms with Gasteiger partial charge in [0, 0.05) is 36.3 Å². The van der Waals surface area contributed by atoms with Gasteiger partial charge in [-0.15, -0.1) is 0 Å². The third kappa shape index (κ3) is 3.30. The van der Waals surface area contributed by atoms with Crippen LogP contribution in [0.15, 0.2) is 77.3 Å². The van der Waals surface area contributed by atoms with Crippen LogP contribution in [0, 0.1) is 10.8 Å². The number of nitrogens with zero attached hydrogens (tertiary/aromatic N) is 1. The first-order valence-corrected chi connectivity index (χ1v) is 14.2. The van der Waals surface area contributed by atoms with Gasteiger partial charge >= 0.3 is 0 Å². The highest BCUT2D eigenvalue weighted by Crippen LogP contribution is 2.68. The number of furan rings is 1. The summed E-state index contributed by atoms with van der Waals surface area (Å²) >= 11 is 0. The van der Waals surface area contributed by atoms with Crippen LogP contribution < -0.4 is 0 Å². The van der Waals surface area contributed by atoms with Crippen molar-refractivity contribution in [3.63, 3.8) is 0 Å². The monoisotopic (exact) mass is 515 g/mol. The molecule has 0 fully saturated rings. The molecule has 2 aliphatic rings. The molecule has 198 valence electrons. The molecule has 2 aliphatic carbocycles. The third-order valence-corrected chi connectivity index (χ3v) is 10.0. The maximum atomic E-state index is 8.84. The molecule has 0 unspecified atom stereocenters. The minimum absolute atomic E-state index is 0.0325. The lowest BCUT2D eigenvalue weighted by atomic mass is 9.55. The van der Waals surface area contributed by atoms with E-state index >= 15 is 0 Å². The van der Waals surface area contributed by atoms with E-state index in [4.69, 9.17) is 12.1 Å². The summed E-state index contributed by atoms with van der Waals surface area (Å²) in [6.45, 7) is 15.5. The van der Waals surface area contributed by atoms with Gasteiger partial charge in [0.2, 0.25) is 0 Å². The van der Waals surface area contributed by atoms with Crippen molar-refractivity contribution >= 4 is 21.9 Å². The second kappa shape index (κ2) is 7.84. The molecule has 1 spiro atoms. The quantitative estimate of drug-likeness (QED) is 0.234. The predicted octanol–water partition coefficient (Wildman–Crippen LogP) is 9.59. The van der Waals surface area contributed by atoms with Crippen LogP contribution in [0.3, 0.4) is 0 Å². The average molecular weight is 516 g/mol. The standard InChI is InChI=1S/C37H39NO/c1-34(2,3)20-23-17-18-38-30(19-23)28-14-10-13-26-27-15-16-29-31(33(27)39-32(26)28)36(6,7)37(35(29,4)5)21-24-11-8-9-12-25(24)22-37/h8-19H,20-22H2,1-7H3/i20D2. The van der Waals surface area contributed by atoms with E-state index in [9.17, 15) is 0 Å². The van der Waals surface area contributed by atoms with Crippen LogP contribution in [-0.2, 0) is 30.0 Å². The summed E-state index contributed by atoms with van der Waals surface area (Å²) in [6, 6.07) is 23.5. The Hall–Kier alpha value is -3.39. The minimum Gasteiger partial charge on any atom is -0.455 e. The van der Waals surface area contributed by atoms with Crippen LogP contribution in [0.2, 0.25) is 0 Å². The lowest BCUT2D eigenvalue weighted by Crippen LogP contribution is -2.48. The Labute approximate surface area is 235 Å². The lowest BCUT2D eigenvalue weighted by molar-refractivity contribution is 0.0890. The van der Waals surface area contributed by atoms with Crippen molar-refractivity contribution in [2.45, 2.75) is 78.5 Å². The van der Waals surface area contributed by atoms with Gasteiger partial charge in [-0.05, 0) is 75.9 Å². The van der Waals surface area contributed by atoms with Gasteiger partial charge in [0.25, 0.3) is 0 Å². The molecule has 5 aromatic rings. The summed E-state index contributed by atoms with van der Waals surface area (Å²) in [4.78, 5) is 4.70. The fraction of sp³-hybridized carbons (Fsp3) is 0.378. The average Bonchev–Trinajstić information content (AvgIpc) is 3.55. The molecular formula is C37H39NO. The summed E-state index contributed by atoms with van der Waals surface area (Å²) in [7, 11) is 0. The SMILES string of the molecule is [2H]C([2H])(c1ccnc(-c2cccc3c2oc2c4c(ccc23)C(C)(C)C2(Cc3ccccc3C2)C4(C)C)c1)C(C)(C)C. The molecule has 0 amide bonds. The smallest absolute Gasteiger partial charge is 0.144 e. The zero-order valence-corrected chi connectivity index (χ0v) is 24.2. The van der Waals surface area contributed by atoms with Gasteiger partial charge in [0.1, 0.15) is 11.2 Å². The predicted molar refractivity (Wildman–Crippen MR) is 162 cm³/mol. The van der Waals surface area contributed by atoms with Gasteiger partial charge in [0.05, 0.1) is 5.69 Å². The summed E-state index contributed by atoms with van der Waals surface area (Å²) < 4.78 is 24.6. The number of para-hydroxylation sites is 1. The number of fused-ring (bicyclic) bond motifs is 6. The van der Waals surface area contributed by atoms with Crippen molar-refractivity contribution in [3.8, 4) is 11.3 Å².